The van der Waals surface area contributed by atoms with E-state index < -0.39 is 121 Å². The maximum atomic E-state index is 10.7. The molecule has 0 aromatic carbocycles. The minimum absolute atomic E-state index is 0. The van der Waals surface area contributed by atoms with Crippen LogP contribution in [0.15, 0.2) is 11.8 Å². The van der Waals surface area contributed by atoms with E-state index in [4.69, 9.17) is 38.3 Å². The number of carbonyl (C=O) groups is 1. The van der Waals surface area contributed by atoms with Gasteiger partial charge in [0.1, 0.15) is 54.5 Å². The minimum Gasteiger partial charge on any atom is -0.690 e. The van der Waals surface area contributed by atoms with Gasteiger partial charge in [0.05, 0.1) is 34.9 Å². The maximum Gasteiger partial charge on any atom is 1.00 e. The fraction of sp³-hybridized carbons (Fsp3) is 0.857. The Labute approximate surface area is 450 Å². The van der Waals surface area contributed by atoms with Crippen LogP contribution in [0.4, 0.5) is 0 Å². The number of aliphatic hydroxyl groups excluding tert-OH is 7. The second kappa shape index (κ2) is 36.2. The van der Waals surface area contributed by atoms with Crippen LogP contribution in [-0.2, 0) is 85.8 Å². The molecule has 0 aromatic heterocycles. The van der Waals surface area contributed by atoms with Crippen molar-refractivity contribution >= 4 is 36.5 Å². The summed E-state index contributed by atoms with van der Waals surface area (Å²) in [4.78, 5) is 21.0. The van der Waals surface area contributed by atoms with Gasteiger partial charge in [0, 0.05) is 52.5 Å². The van der Waals surface area contributed by atoms with Crippen LogP contribution in [0.2, 0.25) is 0 Å². The van der Waals surface area contributed by atoms with Crippen LogP contribution < -0.4 is 134 Å². The summed E-state index contributed by atoms with van der Waals surface area (Å²) in [7, 11) is 5.21. The SMILES string of the molecule is COC1C(C)OC(O)C(O)C1SOOO[O-].COC1OC(C(=O)[O-])=CC(O)C1O.COC1OC(O[C-]=O)C(OC2OC(C)C(OC)C(SOOO[O-])C2O)C(O)C1O.[Na+].[Na+].[Na+].[Na+]. The number of ether oxygens (including phenoxy) is 10. The number of carboxylic acids is 1. The second-order valence-corrected chi connectivity index (χ2v) is 13.5. The summed E-state index contributed by atoms with van der Waals surface area (Å²) in [6.07, 6.45) is -18.3. The molecule has 0 aliphatic carbocycles. The van der Waals surface area contributed by atoms with E-state index in [0.717, 1.165) is 12.5 Å². The van der Waals surface area contributed by atoms with Crippen molar-refractivity contribution < 1.29 is 255 Å². The molecule has 4 rings (SSSR count). The molecule has 0 radical (unpaired) electrons. The molecule has 0 saturated carbocycles. The molecule has 18 atom stereocenters. The van der Waals surface area contributed by atoms with Crippen molar-refractivity contribution in [3.05, 3.63) is 11.8 Å². The summed E-state index contributed by atoms with van der Waals surface area (Å²) in [5, 5.41) is 110. The molecule has 62 heavy (non-hydrogen) atoms. The molecule has 18 unspecified atom stereocenters. The molecule has 0 aromatic rings. The third-order valence-electron chi connectivity index (χ3n) is 8.29. The van der Waals surface area contributed by atoms with Crippen LogP contribution in [0.25, 0.3) is 0 Å². The number of aliphatic carboxylic acids is 1. The molecule has 0 bridgehead atoms. The van der Waals surface area contributed by atoms with Gasteiger partial charge in [-0.05, 0) is 19.9 Å². The van der Waals surface area contributed by atoms with Crippen molar-refractivity contribution in [2.45, 2.75) is 123 Å². The Morgan fingerprint density at radius 2 is 1.15 bits per heavy atom. The van der Waals surface area contributed by atoms with Gasteiger partial charge in [-0.15, -0.1) is 8.67 Å². The Hall–Kier alpha value is 2.26. The van der Waals surface area contributed by atoms with Gasteiger partial charge in [-0.3, -0.25) is 10.1 Å². The molecular formula is C28H44Na4O28S2. The first-order chi connectivity index (χ1) is 27.6. The van der Waals surface area contributed by atoms with Crippen LogP contribution in [0.5, 0.6) is 0 Å². The number of aliphatic hydroxyl groups is 7. The number of carboxylic acid groups (broad SMARTS) is 1. The molecule has 34 heteroatoms. The van der Waals surface area contributed by atoms with Gasteiger partial charge in [-0.2, -0.15) is 0 Å². The zero-order valence-electron chi connectivity index (χ0n) is 35.0. The third-order valence-corrected chi connectivity index (χ3v) is 10.1. The molecule has 28 nitrogen and oxygen atoms in total. The summed E-state index contributed by atoms with van der Waals surface area (Å²) < 4.78 is 59.2. The van der Waals surface area contributed by atoms with E-state index in [-0.39, 0.29) is 118 Å². The number of hydrogen-bond acceptors (Lipinski definition) is 30. The summed E-state index contributed by atoms with van der Waals surface area (Å²) in [6, 6.07) is 0. The van der Waals surface area contributed by atoms with E-state index in [9.17, 15) is 55.8 Å². The van der Waals surface area contributed by atoms with Crippen molar-refractivity contribution in [1.82, 2.24) is 0 Å². The molecule has 4 aliphatic rings. The molecule has 0 amide bonds. The van der Waals surface area contributed by atoms with Crippen molar-refractivity contribution in [2.75, 3.05) is 28.4 Å². The van der Waals surface area contributed by atoms with E-state index in [1.165, 1.54) is 28.4 Å². The van der Waals surface area contributed by atoms with Gasteiger partial charge in [-0.1, -0.05) is 16.5 Å². The Balaban J connectivity index is -0.000000898. The van der Waals surface area contributed by atoms with E-state index >= 15 is 0 Å². The third kappa shape index (κ3) is 20.3. The predicted molar refractivity (Wildman–Crippen MR) is 170 cm³/mol. The molecule has 7 N–H and O–H groups in total. The van der Waals surface area contributed by atoms with Crippen LogP contribution in [-0.4, -0.2) is 186 Å². The van der Waals surface area contributed by atoms with Gasteiger partial charge < -0.3 is 108 Å². The molecule has 3 saturated heterocycles. The molecule has 0 spiro atoms. The van der Waals surface area contributed by atoms with Crippen molar-refractivity contribution in [1.29, 1.82) is 0 Å². The first-order valence-corrected chi connectivity index (χ1v) is 17.9. The Kier molecular flexibility index (Phi) is 40.1. The largest absolute Gasteiger partial charge is 1.00 e. The fourth-order valence-corrected chi connectivity index (χ4v) is 7.18. The van der Waals surface area contributed by atoms with Crippen molar-refractivity contribution in [3.8, 4) is 0 Å². The quantitative estimate of drug-likeness (QED) is 0.0178. The summed E-state index contributed by atoms with van der Waals surface area (Å²) in [5.74, 6) is -2.10. The van der Waals surface area contributed by atoms with E-state index in [2.05, 4.69) is 43.0 Å². The Bertz CT molecular complexity index is 1230. The van der Waals surface area contributed by atoms with Crippen LogP contribution in [0.1, 0.15) is 13.8 Å². The van der Waals surface area contributed by atoms with Crippen LogP contribution in [0, 0.1) is 0 Å². The number of methoxy groups -OCH3 is 4. The smallest absolute Gasteiger partial charge is 0.690 e. The zero-order chi connectivity index (χ0) is 43.7. The summed E-state index contributed by atoms with van der Waals surface area (Å²) in [6.45, 7) is 4.42. The topological polar surface area (TPSA) is 393 Å². The van der Waals surface area contributed by atoms with E-state index in [1.54, 1.807) is 13.8 Å². The fourth-order valence-electron chi connectivity index (χ4n) is 5.52. The molecule has 4 aliphatic heterocycles. The van der Waals surface area contributed by atoms with Gasteiger partial charge in [0.25, 0.3) is 0 Å². The normalized spacial score (nSPS) is 37.5. The Morgan fingerprint density at radius 3 is 1.60 bits per heavy atom. The van der Waals surface area contributed by atoms with E-state index in [0.29, 0.717) is 24.1 Å². The number of hydrogen-bond donors (Lipinski definition) is 7. The average Bonchev–Trinajstić information content (AvgIpc) is 3.19. The molecular weight excluding hydrogens is 940 g/mol. The summed E-state index contributed by atoms with van der Waals surface area (Å²) >= 11 is 1.12. The minimum atomic E-state index is -1.64. The molecule has 3 fully saturated rings. The van der Waals surface area contributed by atoms with Crippen molar-refractivity contribution in [3.63, 3.8) is 0 Å². The average molecular weight is 985 g/mol. The predicted octanol–water partition coefficient (Wildman–Crippen LogP) is -19.6. The monoisotopic (exact) mass is 984 g/mol. The zero-order valence-corrected chi connectivity index (χ0v) is 44.6. The van der Waals surface area contributed by atoms with Gasteiger partial charge in [0.2, 0.25) is 6.29 Å². The first kappa shape index (κ1) is 68.5. The Morgan fingerprint density at radius 1 is 0.645 bits per heavy atom. The number of carbonyl (C=O) groups excluding carboxylic acids is 2. The van der Waals surface area contributed by atoms with Gasteiger partial charge in [0.15, 0.2) is 25.2 Å². The molecule has 340 valence electrons. The van der Waals surface area contributed by atoms with Gasteiger partial charge in [-0.25, -0.2) is 0 Å². The standard InChI is InChI=1S/C14H23O14S.C7H14O8S.C7H10O6.4Na/c1-5-9(20-2)11(29-28-27-26-19)8(18)13(23-5)24-10-6(16)7(17)12(21-3)25-14(10)22-4-15;1-3-5(11-2)6(16-15-14-13-10)4(8)7(9)12-3;1-12-7-5(9)3(8)2-4(13-7)6(10)11;;;;/h5-14,16-19H,1-3H3;3-10H,1-2H3;2-3,5,7-9H,1H3,(H,10,11);;;;/q-1;;;4*+1/p-3. The van der Waals surface area contributed by atoms with Crippen molar-refractivity contribution in [2.24, 2.45) is 0 Å². The van der Waals surface area contributed by atoms with Gasteiger partial charge >= 0.3 is 118 Å². The summed E-state index contributed by atoms with van der Waals surface area (Å²) in [5.41, 5.74) is 0. The van der Waals surface area contributed by atoms with E-state index in [1.807, 2.05) is 0 Å². The van der Waals surface area contributed by atoms with Crippen LogP contribution >= 0.6 is 24.1 Å². The second-order valence-electron chi connectivity index (χ2n) is 11.8. The van der Waals surface area contributed by atoms with Crippen LogP contribution in [0.3, 0.4) is 0 Å². The molecule has 4 heterocycles. The first-order valence-electron chi connectivity index (χ1n) is 16.3. The number of rotatable bonds is 17. The maximum absolute atomic E-state index is 10.7.